The lowest BCUT2D eigenvalue weighted by Gasteiger charge is -2.04. The second-order valence-corrected chi connectivity index (χ2v) is 4.75. The highest BCUT2D eigenvalue weighted by atomic mass is 35.5. The van der Waals surface area contributed by atoms with E-state index in [9.17, 15) is 14.9 Å². The van der Waals surface area contributed by atoms with Crippen molar-refractivity contribution in [2.45, 2.75) is 10.1 Å². The van der Waals surface area contributed by atoms with Crippen molar-refractivity contribution in [1.29, 1.82) is 0 Å². The summed E-state index contributed by atoms with van der Waals surface area (Å²) in [5, 5.41) is 21.2. The number of hydrogen-bond acceptors (Lipinski definition) is 7. The molecule has 0 unspecified atom stereocenters. The van der Waals surface area contributed by atoms with Crippen LogP contribution in [0.5, 0.6) is 0 Å². The molecule has 0 saturated carbocycles. The zero-order valence-electron chi connectivity index (χ0n) is 9.48. The zero-order valence-corrected chi connectivity index (χ0v) is 11.1. The number of nitro benzene ring substituents is 1. The van der Waals surface area contributed by atoms with Crippen LogP contribution in [-0.2, 0) is 7.05 Å². The number of hydrogen-bond donors (Lipinski definition) is 0. The van der Waals surface area contributed by atoms with Gasteiger partial charge in [-0.1, -0.05) is 0 Å². The number of halogens is 1. The highest BCUT2D eigenvalue weighted by Crippen LogP contribution is 2.31. The first-order valence-electron chi connectivity index (χ1n) is 4.87. The predicted molar refractivity (Wildman–Crippen MR) is 66.2 cm³/mol. The smallest absolute Gasteiger partial charge is 0.270 e. The predicted octanol–water partition coefficient (Wildman–Crippen LogP) is 1.65. The van der Waals surface area contributed by atoms with Crippen molar-refractivity contribution in [3.05, 3.63) is 33.9 Å². The average molecular weight is 300 g/mol. The van der Waals surface area contributed by atoms with Crippen molar-refractivity contribution in [2.75, 3.05) is 0 Å². The number of aromatic nitrogens is 4. The Balaban J connectivity index is 2.43. The second-order valence-electron chi connectivity index (χ2n) is 3.40. The summed E-state index contributed by atoms with van der Waals surface area (Å²) < 4.78 is 1.41. The SMILES string of the molecule is Cn1nnnc1Sc1ccc([N+](=O)[O-])cc1C(=O)Cl. The molecule has 0 radical (unpaired) electrons. The molecular formula is C9H6ClN5O3S. The van der Waals surface area contributed by atoms with Crippen molar-refractivity contribution in [3.63, 3.8) is 0 Å². The fourth-order valence-corrected chi connectivity index (χ4v) is 2.33. The first kappa shape index (κ1) is 13.4. The lowest BCUT2D eigenvalue weighted by atomic mass is 10.2. The topological polar surface area (TPSA) is 104 Å². The summed E-state index contributed by atoms with van der Waals surface area (Å²) in [5.41, 5.74) is -0.159. The van der Waals surface area contributed by atoms with Gasteiger partial charge >= 0.3 is 0 Å². The molecule has 2 rings (SSSR count). The monoisotopic (exact) mass is 299 g/mol. The van der Waals surface area contributed by atoms with Crippen molar-refractivity contribution >= 4 is 34.3 Å². The van der Waals surface area contributed by atoms with Gasteiger partial charge in [0.2, 0.25) is 5.16 Å². The van der Waals surface area contributed by atoms with Crippen LogP contribution in [0.2, 0.25) is 0 Å². The molecule has 8 nitrogen and oxygen atoms in total. The Hall–Kier alpha value is -2.00. The number of nitro groups is 1. The number of nitrogens with zero attached hydrogens (tertiary/aromatic N) is 5. The maximum Gasteiger partial charge on any atom is 0.270 e. The minimum Gasteiger partial charge on any atom is -0.276 e. The molecule has 1 aromatic heterocycles. The molecule has 10 heteroatoms. The maximum absolute atomic E-state index is 11.3. The van der Waals surface area contributed by atoms with Crippen LogP contribution >= 0.6 is 23.4 Å². The van der Waals surface area contributed by atoms with E-state index in [0.29, 0.717) is 10.1 Å². The number of aryl methyl sites for hydroxylation is 1. The normalized spacial score (nSPS) is 10.4. The molecule has 0 fully saturated rings. The lowest BCUT2D eigenvalue weighted by Crippen LogP contribution is -1.98. The highest BCUT2D eigenvalue weighted by Gasteiger charge is 2.17. The minimum atomic E-state index is -0.777. The molecule has 0 amide bonds. The van der Waals surface area contributed by atoms with E-state index in [2.05, 4.69) is 15.5 Å². The molecule has 2 aromatic rings. The first-order chi connectivity index (χ1) is 8.99. The molecule has 0 atom stereocenters. The number of non-ortho nitro benzene ring substituents is 1. The van der Waals surface area contributed by atoms with E-state index in [1.165, 1.54) is 16.8 Å². The van der Waals surface area contributed by atoms with Crippen LogP contribution < -0.4 is 0 Å². The van der Waals surface area contributed by atoms with E-state index in [-0.39, 0.29) is 11.3 Å². The van der Waals surface area contributed by atoms with Gasteiger partial charge in [0.05, 0.1) is 10.5 Å². The third kappa shape index (κ3) is 2.88. The van der Waals surface area contributed by atoms with Crippen LogP contribution in [0.25, 0.3) is 0 Å². The third-order valence-corrected chi connectivity index (χ3v) is 3.48. The van der Waals surface area contributed by atoms with Crippen molar-refractivity contribution in [3.8, 4) is 0 Å². The fraction of sp³-hybridized carbons (Fsp3) is 0.111. The molecule has 1 aromatic carbocycles. The van der Waals surface area contributed by atoms with E-state index in [1.54, 1.807) is 7.05 Å². The van der Waals surface area contributed by atoms with Gasteiger partial charge in [0.1, 0.15) is 0 Å². The van der Waals surface area contributed by atoms with Gasteiger partial charge in [0.15, 0.2) is 0 Å². The Morgan fingerprint density at radius 3 is 2.79 bits per heavy atom. The number of carbonyl (C=O) groups excluding carboxylic acids is 1. The van der Waals surface area contributed by atoms with Gasteiger partial charge in [-0.2, -0.15) is 0 Å². The van der Waals surface area contributed by atoms with Crippen molar-refractivity contribution in [1.82, 2.24) is 20.2 Å². The third-order valence-electron chi connectivity index (χ3n) is 2.17. The van der Waals surface area contributed by atoms with E-state index in [1.807, 2.05) is 0 Å². The summed E-state index contributed by atoms with van der Waals surface area (Å²) in [5.74, 6) is 0. The van der Waals surface area contributed by atoms with Gasteiger partial charge in [0, 0.05) is 24.1 Å². The van der Waals surface area contributed by atoms with Gasteiger partial charge in [-0.15, -0.1) is 5.10 Å². The van der Waals surface area contributed by atoms with Gasteiger partial charge in [-0.05, 0) is 39.9 Å². The largest absolute Gasteiger partial charge is 0.276 e. The van der Waals surface area contributed by atoms with Gasteiger partial charge in [-0.3, -0.25) is 14.9 Å². The van der Waals surface area contributed by atoms with Crippen LogP contribution in [0, 0.1) is 10.1 Å². The fourth-order valence-electron chi connectivity index (χ4n) is 1.28. The van der Waals surface area contributed by atoms with E-state index in [4.69, 9.17) is 11.6 Å². The number of benzene rings is 1. The summed E-state index contributed by atoms with van der Waals surface area (Å²) >= 11 is 6.53. The summed E-state index contributed by atoms with van der Waals surface area (Å²) in [7, 11) is 1.63. The molecule has 1 heterocycles. The molecular weight excluding hydrogens is 294 g/mol. The summed E-state index contributed by atoms with van der Waals surface area (Å²) in [6.45, 7) is 0. The molecule has 98 valence electrons. The Morgan fingerprint density at radius 2 is 2.26 bits per heavy atom. The van der Waals surface area contributed by atoms with Crippen LogP contribution in [-0.4, -0.2) is 30.4 Å². The van der Waals surface area contributed by atoms with Crippen LogP contribution in [0.3, 0.4) is 0 Å². The Morgan fingerprint density at radius 1 is 1.53 bits per heavy atom. The highest BCUT2D eigenvalue weighted by molar-refractivity contribution is 7.99. The molecule has 0 aliphatic heterocycles. The summed E-state index contributed by atoms with van der Waals surface area (Å²) in [6, 6.07) is 3.85. The summed E-state index contributed by atoms with van der Waals surface area (Å²) in [4.78, 5) is 21.8. The number of rotatable bonds is 4. The number of tetrazole rings is 1. The maximum atomic E-state index is 11.3. The van der Waals surface area contributed by atoms with Crippen molar-refractivity contribution < 1.29 is 9.72 Å². The Kier molecular flexibility index (Phi) is 3.76. The molecule has 0 spiro atoms. The minimum absolute atomic E-state index is 0.0452. The van der Waals surface area contributed by atoms with E-state index < -0.39 is 10.2 Å². The molecule has 0 aliphatic carbocycles. The van der Waals surface area contributed by atoms with Gasteiger partial charge in [-0.25, -0.2) is 4.68 Å². The van der Waals surface area contributed by atoms with Crippen molar-refractivity contribution in [2.24, 2.45) is 7.05 Å². The Bertz CT molecular complexity index is 659. The van der Waals surface area contributed by atoms with E-state index >= 15 is 0 Å². The van der Waals surface area contributed by atoms with Crippen LogP contribution in [0.15, 0.2) is 28.3 Å². The van der Waals surface area contributed by atoms with Crippen LogP contribution in [0.4, 0.5) is 5.69 Å². The average Bonchev–Trinajstić information content (AvgIpc) is 2.75. The molecule has 0 saturated heterocycles. The number of carbonyl (C=O) groups is 1. The standard InChI is InChI=1S/C9H6ClN5O3S/c1-14-9(11-12-13-14)19-7-3-2-5(15(17)18)4-6(7)8(10)16/h2-4H,1H3. The van der Waals surface area contributed by atoms with Gasteiger partial charge in [0.25, 0.3) is 10.9 Å². The second kappa shape index (κ2) is 5.33. The molecule has 0 aliphatic rings. The van der Waals surface area contributed by atoms with Crippen LogP contribution in [0.1, 0.15) is 10.4 Å². The summed E-state index contributed by atoms with van der Waals surface area (Å²) in [6.07, 6.45) is 0. The molecule has 19 heavy (non-hydrogen) atoms. The quantitative estimate of drug-likeness (QED) is 0.480. The van der Waals surface area contributed by atoms with Gasteiger partial charge < -0.3 is 0 Å². The first-order valence-corrected chi connectivity index (χ1v) is 6.07. The Labute approximate surface area is 115 Å². The zero-order chi connectivity index (χ0) is 14.0. The molecule has 0 N–H and O–H groups in total. The molecule has 0 bridgehead atoms. The van der Waals surface area contributed by atoms with E-state index in [0.717, 1.165) is 17.8 Å². The lowest BCUT2D eigenvalue weighted by molar-refractivity contribution is -0.384.